The molecular weight excluding hydrogens is 455 g/mol. The second-order valence-electron chi connectivity index (χ2n) is 7.06. The Hall–Kier alpha value is -3.56. The van der Waals surface area contributed by atoms with Crippen molar-refractivity contribution in [2.24, 2.45) is 19.2 Å². The molecule has 0 amide bonds. The third-order valence-electron chi connectivity index (χ3n) is 5.00. The van der Waals surface area contributed by atoms with Crippen LogP contribution in [0.1, 0.15) is 11.1 Å². The summed E-state index contributed by atoms with van der Waals surface area (Å²) in [6, 6.07) is 11.6. The van der Waals surface area contributed by atoms with E-state index in [1.807, 2.05) is 0 Å². The normalized spacial score (nSPS) is 11.5. The second kappa shape index (κ2) is 8.52. The number of phenols is 1. The first-order valence-electron chi connectivity index (χ1n) is 9.45. The molecule has 0 spiro atoms. The largest absolute Gasteiger partial charge is 0.508 e. The summed E-state index contributed by atoms with van der Waals surface area (Å²) in [5, 5.41) is 14.5. The molecular formula is C21H18Cl2N6O3. The van der Waals surface area contributed by atoms with E-state index in [1.54, 1.807) is 34.9 Å². The predicted octanol–water partition coefficient (Wildman–Crippen LogP) is 2.94. The van der Waals surface area contributed by atoms with Gasteiger partial charge in [-0.3, -0.25) is 18.5 Å². The van der Waals surface area contributed by atoms with Crippen LogP contribution < -0.4 is 16.7 Å². The molecule has 0 unspecified atom stereocenters. The highest BCUT2D eigenvalue weighted by Gasteiger charge is 2.20. The smallest absolute Gasteiger partial charge is 0.332 e. The van der Waals surface area contributed by atoms with Crippen LogP contribution >= 0.6 is 23.2 Å². The lowest BCUT2D eigenvalue weighted by Gasteiger charge is -2.12. The number of anilines is 1. The Morgan fingerprint density at radius 2 is 1.72 bits per heavy atom. The van der Waals surface area contributed by atoms with Gasteiger partial charge in [0.1, 0.15) is 5.75 Å². The number of aryl methyl sites for hydroxylation is 1. The summed E-state index contributed by atoms with van der Waals surface area (Å²) in [5.74, 6) is 0.370. The van der Waals surface area contributed by atoms with Gasteiger partial charge in [0.05, 0.1) is 12.8 Å². The summed E-state index contributed by atoms with van der Waals surface area (Å²) in [5.41, 5.74) is 3.55. The SMILES string of the molecule is Cn1c(=O)c2c(nc(N/N=C/c3ccc(O)cc3)n2Cc2c(Cl)cccc2Cl)n(C)c1=O. The number of aromatic hydroxyl groups is 1. The molecule has 4 aromatic rings. The summed E-state index contributed by atoms with van der Waals surface area (Å²) in [6.45, 7) is 0.125. The van der Waals surface area contributed by atoms with Crippen molar-refractivity contribution in [2.75, 3.05) is 5.43 Å². The number of imidazole rings is 1. The fraction of sp³-hybridized carbons (Fsp3) is 0.143. The van der Waals surface area contributed by atoms with Crippen molar-refractivity contribution >= 4 is 46.5 Å². The Bertz CT molecular complexity index is 1450. The second-order valence-corrected chi connectivity index (χ2v) is 7.88. The highest BCUT2D eigenvalue weighted by molar-refractivity contribution is 6.36. The van der Waals surface area contributed by atoms with E-state index < -0.39 is 11.2 Å². The third kappa shape index (κ3) is 3.88. The van der Waals surface area contributed by atoms with Crippen LogP contribution in [0.5, 0.6) is 5.75 Å². The van der Waals surface area contributed by atoms with Crippen molar-refractivity contribution in [1.29, 1.82) is 0 Å². The number of phenolic OH excluding ortho intramolecular Hbond substituents is 1. The molecule has 164 valence electrons. The van der Waals surface area contributed by atoms with Crippen LogP contribution in [0.15, 0.2) is 57.2 Å². The maximum Gasteiger partial charge on any atom is 0.332 e. The first-order valence-corrected chi connectivity index (χ1v) is 10.2. The predicted molar refractivity (Wildman–Crippen MR) is 125 cm³/mol. The quantitative estimate of drug-likeness (QED) is 0.343. The summed E-state index contributed by atoms with van der Waals surface area (Å²) in [4.78, 5) is 29.8. The molecule has 0 atom stereocenters. The fourth-order valence-electron chi connectivity index (χ4n) is 3.25. The zero-order valence-corrected chi connectivity index (χ0v) is 18.6. The number of hydrazone groups is 1. The molecule has 2 N–H and O–H groups in total. The van der Waals surface area contributed by atoms with Crippen LogP contribution in [-0.4, -0.2) is 30.0 Å². The molecule has 0 aliphatic rings. The van der Waals surface area contributed by atoms with Gasteiger partial charge in [0.25, 0.3) is 5.56 Å². The topological polar surface area (TPSA) is 106 Å². The lowest BCUT2D eigenvalue weighted by molar-refractivity contribution is 0.475. The molecule has 11 heteroatoms. The Labute approximate surface area is 191 Å². The van der Waals surface area contributed by atoms with Crippen LogP contribution in [0.4, 0.5) is 5.95 Å². The Morgan fingerprint density at radius 1 is 1.06 bits per heavy atom. The van der Waals surface area contributed by atoms with E-state index in [4.69, 9.17) is 23.2 Å². The van der Waals surface area contributed by atoms with Gasteiger partial charge in [0, 0.05) is 29.7 Å². The van der Waals surface area contributed by atoms with Gasteiger partial charge in [-0.1, -0.05) is 29.3 Å². The molecule has 2 aromatic heterocycles. The summed E-state index contributed by atoms with van der Waals surface area (Å²) >= 11 is 12.7. The highest BCUT2D eigenvalue weighted by atomic mass is 35.5. The first kappa shape index (κ1) is 21.7. The number of nitrogens with zero attached hydrogens (tertiary/aromatic N) is 5. The molecule has 9 nitrogen and oxygen atoms in total. The number of nitrogens with one attached hydrogen (secondary N) is 1. The van der Waals surface area contributed by atoms with Crippen molar-refractivity contribution < 1.29 is 5.11 Å². The monoisotopic (exact) mass is 472 g/mol. The van der Waals surface area contributed by atoms with Crippen molar-refractivity contribution in [1.82, 2.24) is 18.7 Å². The van der Waals surface area contributed by atoms with E-state index in [-0.39, 0.29) is 29.4 Å². The van der Waals surface area contributed by atoms with E-state index in [2.05, 4.69) is 15.5 Å². The van der Waals surface area contributed by atoms with Gasteiger partial charge in [-0.15, -0.1) is 0 Å². The fourth-order valence-corrected chi connectivity index (χ4v) is 3.77. The van der Waals surface area contributed by atoms with Crippen LogP contribution in [0.3, 0.4) is 0 Å². The van der Waals surface area contributed by atoms with Crippen molar-refractivity contribution in [3.8, 4) is 5.75 Å². The van der Waals surface area contributed by atoms with E-state index in [9.17, 15) is 14.7 Å². The summed E-state index contributed by atoms with van der Waals surface area (Å²) < 4.78 is 3.88. The average Bonchev–Trinajstić information content (AvgIpc) is 3.13. The number of benzene rings is 2. The molecule has 0 aliphatic heterocycles. The lowest BCUT2D eigenvalue weighted by Crippen LogP contribution is -2.37. The van der Waals surface area contributed by atoms with E-state index in [0.29, 0.717) is 15.6 Å². The molecule has 4 rings (SSSR count). The highest BCUT2D eigenvalue weighted by Crippen LogP contribution is 2.27. The minimum atomic E-state index is -0.505. The molecule has 0 radical (unpaired) electrons. The Kier molecular flexibility index (Phi) is 5.77. The standard InChI is InChI=1S/C21H18Cl2N6O3/c1-27-18-17(19(31)28(2)21(27)32)29(11-14-15(22)4-3-5-16(14)23)20(25-18)26-24-10-12-6-8-13(30)9-7-12/h3-10,30H,11H2,1-2H3,(H,25,26)/b24-10+. The van der Waals surface area contributed by atoms with Crippen LogP contribution in [0, 0.1) is 0 Å². The summed E-state index contributed by atoms with van der Waals surface area (Å²) in [7, 11) is 2.94. The van der Waals surface area contributed by atoms with Crippen molar-refractivity contribution in [3.05, 3.63) is 84.5 Å². The van der Waals surface area contributed by atoms with Crippen LogP contribution in [-0.2, 0) is 20.6 Å². The van der Waals surface area contributed by atoms with Crippen molar-refractivity contribution in [2.45, 2.75) is 6.54 Å². The number of halogens is 2. The van der Waals surface area contributed by atoms with Gasteiger partial charge in [-0.05, 0) is 42.0 Å². The number of rotatable bonds is 5. The maximum atomic E-state index is 13.0. The van der Waals surface area contributed by atoms with Crippen LogP contribution in [0.2, 0.25) is 10.0 Å². The van der Waals surface area contributed by atoms with Crippen LogP contribution in [0.25, 0.3) is 11.2 Å². The number of aromatic nitrogens is 4. The van der Waals surface area contributed by atoms with Gasteiger partial charge < -0.3 is 5.11 Å². The van der Waals surface area contributed by atoms with E-state index in [1.165, 1.54) is 37.0 Å². The minimum Gasteiger partial charge on any atom is -0.508 e. The molecule has 2 aromatic carbocycles. The van der Waals surface area contributed by atoms with Gasteiger partial charge in [0.2, 0.25) is 5.95 Å². The Balaban J connectivity index is 1.85. The van der Waals surface area contributed by atoms with Gasteiger partial charge in [0.15, 0.2) is 11.2 Å². The zero-order chi connectivity index (χ0) is 23.0. The number of hydrogen-bond acceptors (Lipinski definition) is 6. The molecule has 0 saturated heterocycles. The van der Waals surface area contributed by atoms with Gasteiger partial charge in [-0.2, -0.15) is 10.1 Å². The third-order valence-corrected chi connectivity index (χ3v) is 5.71. The molecule has 32 heavy (non-hydrogen) atoms. The van der Waals surface area contributed by atoms with E-state index in [0.717, 1.165) is 10.1 Å². The van der Waals surface area contributed by atoms with Gasteiger partial charge in [-0.25, -0.2) is 10.2 Å². The number of fused-ring (bicyclic) bond motifs is 1. The van der Waals surface area contributed by atoms with Gasteiger partial charge >= 0.3 is 5.69 Å². The summed E-state index contributed by atoms with van der Waals surface area (Å²) in [6.07, 6.45) is 1.53. The lowest BCUT2D eigenvalue weighted by atomic mass is 10.2. The Morgan fingerprint density at radius 3 is 2.38 bits per heavy atom. The first-order chi connectivity index (χ1) is 15.3. The number of hydrogen-bond donors (Lipinski definition) is 2. The maximum absolute atomic E-state index is 13.0. The average molecular weight is 473 g/mol. The zero-order valence-electron chi connectivity index (χ0n) is 17.1. The van der Waals surface area contributed by atoms with E-state index >= 15 is 0 Å². The minimum absolute atomic E-state index is 0.125. The van der Waals surface area contributed by atoms with Crippen molar-refractivity contribution in [3.63, 3.8) is 0 Å². The molecule has 0 aliphatic carbocycles. The molecule has 0 bridgehead atoms. The molecule has 0 fully saturated rings. The molecule has 0 saturated carbocycles. The molecule has 2 heterocycles.